The molecule has 1 aliphatic heterocycles. The minimum absolute atomic E-state index is 0.0692. The van der Waals surface area contributed by atoms with E-state index in [1.807, 2.05) is 0 Å². The molecular formula is C20H18ClN3O4. The first-order chi connectivity index (χ1) is 13.5. The number of rotatable bonds is 5. The Morgan fingerprint density at radius 2 is 2.14 bits per heavy atom. The number of benzene rings is 2. The van der Waals surface area contributed by atoms with E-state index in [-0.39, 0.29) is 18.1 Å². The van der Waals surface area contributed by atoms with Crippen LogP contribution < -0.4 is 20.3 Å². The van der Waals surface area contributed by atoms with E-state index in [4.69, 9.17) is 21.1 Å². The van der Waals surface area contributed by atoms with Crippen molar-refractivity contribution in [1.29, 1.82) is 0 Å². The topological polar surface area (TPSA) is 82.4 Å². The van der Waals surface area contributed by atoms with Crippen molar-refractivity contribution < 1.29 is 14.3 Å². The molecule has 1 N–H and O–H groups in total. The zero-order chi connectivity index (χ0) is 19.7. The molecule has 3 aromatic rings. The molecule has 144 valence electrons. The Morgan fingerprint density at radius 3 is 2.93 bits per heavy atom. The molecule has 1 aliphatic rings. The van der Waals surface area contributed by atoms with Gasteiger partial charge in [-0.2, -0.15) is 0 Å². The first kappa shape index (κ1) is 18.3. The standard InChI is InChI=1S/C20H18ClN3O4/c1-27-17-7-4-12(9-15(17)21)22-19(25)11-28-13-5-6-16-14(10-13)20(26)24-8-2-3-18(24)23-16/h4-7,9-10H,2-3,8,11H2,1H3,(H,22,25). The van der Waals surface area contributed by atoms with Gasteiger partial charge in [0, 0.05) is 18.7 Å². The number of nitrogens with zero attached hydrogens (tertiary/aromatic N) is 2. The third-order valence-corrected chi connectivity index (χ3v) is 4.89. The van der Waals surface area contributed by atoms with Crippen molar-refractivity contribution in [1.82, 2.24) is 9.55 Å². The molecule has 2 aromatic carbocycles. The summed E-state index contributed by atoms with van der Waals surface area (Å²) in [5.41, 5.74) is 1.11. The zero-order valence-electron chi connectivity index (χ0n) is 15.2. The quantitative estimate of drug-likeness (QED) is 0.713. The molecule has 7 nitrogen and oxygen atoms in total. The van der Waals surface area contributed by atoms with Crippen molar-refractivity contribution in [3.63, 3.8) is 0 Å². The van der Waals surface area contributed by atoms with Gasteiger partial charge < -0.3 is 14.8 Å². The number of nitrogens with one attached hydrogen (secondary N) is 1. The maximum atomic E-state index is 12.6. The van der Waals surface area contributed by atoms with Crippen LogP contribution in [0.2, 0.25) is 5.02 Å². The number of hydrogen-bond donors (Lipinski definition) is 1. The van der Waals surface area contributed by atoms with E-state index in [1.165, 1.54) is 7.11 Å². The normalized spacial score (nSPS) is 12.6. The summed E-state index contributed by atoms with van der Waals surface area (Å²) in [5, 5.41) is 3.60. The summed E-state index contributed by atoms with van der Waals surface area (Å²) in [6, 6.07) is 10.0. The van der Waals surface area contributed by atoms with Crippen LogP contribution in [0.5, 0.6) is 11.5 Å². The minimum atomic E-state index is -0.342. The van der Waals surface area contributed by atoms with E-state index in [1.54, 1.807) is 41.0 Å². The monoisotopic (exact) mass is 399 g/mol. The summed E-state index contributed by atoms with van der Waals surface area (Å²) in [6.45, 7) is 0.490. The van der Waals surface area contributed by atoms with Crippen molar-refractivity contribution in [2.45, 2.75) is 19.4 Å². The number of carbonyl (C=O) groups is 1. The molecule has 0 spiro atoms. The molecular weight excluding hydrogens is 382 g/mol. The molecule has 28 heavy (non-hydrogen) atoms. The maximum absolute atomic E-state index is 12.6. The van der Waals surface area contributed by atoms with Crippen molar-refractivity contribution >= 4 is 34.1 Å². The van der Waals surface area contributed by atoms with Crippen molar-refractivity contribution in [2.24, 2.45) is 0 Å². The van der Waals surface area contributed by atoms with E-state index in [0.29, 0.717) is 39.7 Å². The minimum Gasteiger partial charge on any atom is -0.495 e. The number of fused-ring (bicyclic) bond motifs is 2. The van der Waals surface area contributed by atoms with Gasteiger partial charge in [-0.05, 0) is 42.8 Å². The number of methoxy groups -OCH3 is 1. The summed E-state index contributed by atoms with van der Waals surface area (Å²) >= 11 is 6.05. The number of aromatic nitrogens is 2. The molecule has 1 amide bonds. The predicted octanol–water partition coefficient (Wildman–Crippen LogP) is 3.02. The van der Waals surface area contributed by atoms with Crippen LogP contribution in [0.4, 0.5) is 5.69 Å². The predicted molar refractivity (Wildman–Crippen MR) is 106 cm³/mol. The van der Waals surface area contributed by atoms with Crippen LogP contribution in [0.25, 0.3) is 10.9 Å². The smallest absolute Gasteiger partial charge is 0.262 e. The highest BCUT2D eigenvalue weighted by atomic mass is 35.5. The van der Waals surface area contributed by atoms with Gasteiger partial charge in [0.2, 0.25) is 0 Å². The Labute approximate surface area is 165 Å². The molecule has 0 unspecified atom stereocenters. The number of carbonyl (C=O) groups excluding carboxylic acids is 1. The van der Waals surface area contributed by atoms with Gasteiger partial charge in [0.1, 0.15) is 17.3 Å². The second kappa shape index (κ2) is 7.52. The fourth-order valence-corrected chi connectivity index (χ4v) is 3.50. The summed E-state index contributed by atoms with van der Waals surface area (Å²) in [7, 11) is 1.52. The van der Waals surface area contributed by atoms with Gasteiger partial charge in [0.15, 0.2) is 6.61 Å². The molecule has 0 atom stereocenters. The van der Waals surface area contributed by atoms with Crippen LogP contribution >= 0.6 is 11.6 Å². The number of aryl methyl sites for hydroxylation is 1. The second-order valence-corrected chi connectivity index (χ2v) is 6.86. The van der Waals surface area contributed by atoms with Gasteiger partial charge >= 0.3 is 0 Å². The molecule has 8 heteroatoms. The Kier molecular flexibility index (Phi) is 4.92. The van der Waals surface area contributed by atoms with Crippen molar-refractivity contribution in [2.75, 3.05) is 19.0 Å². The summed E-state index contributed by atoms with van der Waals surface area (Å²) in [6.07, 6.45) is 1.75. The Balaban J connectivity index is 1.46. The van der Waals surface area contributed by atoms with Crippen LogP contribution in [0.1, 0.15) is 12.2 Å². The largest absolute Gasteiger partial charge is 0.495 e. The Bertz CT molecular complexity index is 1130. The number of ether oxygens (including phenoxy) is 2. The summed E-state index contributed by atoms with van der Waals surface area (Å²) in [4.78, 5) is 29.3. The highest BCUT2D eigenvalue weighted by Crippen LogP contribution is 2.27. The number of anilines is 1. The van der Waals surface area contributed by atoms with Crippen molar-refractivity contribution in [3.8, 4) is 11.5 Å². The van der Waals surface area contributed by atoms with Gasteiger partial charge in [-0.1, -0.05) is 11.6 Å². The molecule has 0 aliphatic carbocycles. The average molecular weight is 400 g/mol. The van der Waals surface area contributed by atoms with Gasteiger partial charge in [-0.25, -0.2) is 4.98 Å². The van der Waals surface area contributed by atoms with E-state index >= 15 is 0 Å². The van der Waals surface area contributed by atoms with Gasteiger partial charge in [-0.3, -0.25) is 14.2 Å². The molecule has 0 fully saturated rings. The lowest BCUT2D eigenvalue weighted by Crippen LogP contribution is -2.22. The summed E-state index contributed by atoms with van der Waals surface area (Å²) in [5.74, 6) is 1.44. The third-order valence-electron chi connectivity index (χ3n) is 4.59. The van der Waals surface area contributed by atoms with E-state index in [0.717, 1.165) is 18.7 Å². The lowest BCUT2D eigenvalue weighted by molar-refractivity contribution is -0.118. The molecule has 1 aromatic heterocycles. The number of amides is 1. The van der Waals surface area contributed by atoms with Crippen molar-refractivity contribution in [3.05, 3.63) is 57.6 Å². The lowest BCUT2D eigenvalue weighted by atomic mass is 10.2. The van der Waals surface area contributed by atoms with E-state index in [9.17, 15) is 9.59 Å². The van der Waals surface area contributed by atoms with Crippen LogP contribution in [-0.2, 0) is 17.8 Å². The fourth-order valence-electron chi connectivity index (χ4n) is 3.24. The fraction of sp³-hybridized carbons (Fsp3) is 0.250. The lowest BCUT2D eigenvalue weighted by Gasteiger charge is -2.10. The molecule has 0 radical (unpaired) electrons. The van der Waals surface area contributed by atoms with Crippen LogP contribution in [0.15, 0.2) is 41.2 Å². The van der Waals surface area contributed by atoms with Gasteiger partial charge in [-0.15, -0.1) is 0 Å². The average Bonchev–Trinajstić information content (AvgIpc) is 3.16. The number of halogens is 1. The zero-order valence-corrected chi connectivity index (χ0v) is 16.0. The second-order valence-electron chi connectivity index (χ2n) is 6.45. The first-order valence-electron chi connectivity index (χ1n) is 8.85. The van der Waals surface area contributed by atoms with Crippen LogP contribution in [0.3, 0.4) is 0 Å². The van der Waals surface area contributed by atoms with Gasteiger partial charge in [0.25, 0.3) is 11.5 Å². The van der Waals surface area contributed by atoms with Crippen LogP contribution in [-0.4, -0.2) is 29.2 Å². The molecule has 0 saturated heterocycles. The van der Waals surface area contributed by atoms with E-state index < -0.39 is 0 Å². The third kappa shape index (κ3) is 3.53. The summed E-state index contributed by atoms with van der Waals surface area (Å²) < 4.78 is 12.3. The Hall–Kier alpha value is -3.06. The Morgan fingerprint density at radius 1 is 1.29 bits per heavy atom. The molecule has 0 bridgehead atoms. The number of hydrogen-bond acceptors (Lipinski definition) is 5. The van der Waals surface area contributed by atoms with E-state index in [2.05, 4.69) is 10.3 Å². The SMILES string of the molecule is COc1ccc(NC(=O)COc2ccc3nc4n(c(=O)c3c2)CCC4)cc1Cl. The molecule has 0 saturated carbocycles. The van der Waals surface area contributed by atoms with Gasteiger partial charge in [0.05, 0.1) is 23.0 Å². The highest BCUT2D eigenvalue weighted by Gasteiger charge is 2.16. The van der Waals surface area contributed by atoms with Crippen LogP contribution in [0, 0.1) is 0 Å². The highest BCUT2D eigenvalue weighted by molar-refractivity contribution is 6.32. The molecule has 4 rings (SSSR count). The molecule has 2 heterocycles. The first-order valence-corrected chi connectivity index (χ1v) is 9.22. The maximum Gasteiger partial charge on any atom is 0.262 e.